The van der Waals surface area contributed by atoms with E-state index in [1.54, 1.807) is 0 Å². The van der Waals surface area contributed by atoms with E-state index in [4.69, 9.17) is 0 Å². The minimum atomic E-state index is -1.10. The van der Waals surface area contributed by atoms with Gasteiger partial charge in [0.15, 0.2) is 11.6 Å². The SMILES string of the molecule is O=C(O)C(CCCc1ccc(F)c(F)c1)NC(=O)[C@@H]1CCCN1. The molecule has 0 radical (unpaired) electrons. The molecule has 7 heteroatoms. The number of carboxylic acid groups (broad SMARTS) is 1. The Kier molecular flexibility index (Phi) is 6.04. The monoisotopic (exact) mass is 326 g/mol. The summed E-state index contributed by atoms with van der Waals surface area (Å²) in [7, 11) is 0. The Morgan fingerprint density at radius 2 is 2.13 bits per heavy atom. The maximum Gasteiger partial charge on any atom is 0.326 e. The van der Waals surface area contributed by atoms with Crippen molar-refractivity contribution in [3.8, 4) is 0 Å². The number of aliphatic carboxylic acids is 1. The summed E-state index contributed by atoms with van der Waals surface area (Å²) in [5.41, 5.74) is 0.594. The average Bonchev–Trinajstić information content (AvgIpc) is 3.04. The first-order valence-electron chi connectivity index (χ1n) is 7.68. The molecule has 1 unspecified atom stereocenters. The smallest absolute Gasteiger partial charge is 0.326 e. The van der Waals surface area contributed by atoms with Crippen molar-refractivity contribution in [2.75, 3.05) is 6.54 Å². The summed E-state index contributed by atoms with van der Waals surface area (Å²) in [5.74, 6) is -3.23. The molecule has 0 aliphatic carbocycles. The molecular weight excluding hydrogens is 306 g/mol. The van der Waals surface area contributed by atoms with E-state index in [0.717, 1.165) is 25.1 Å². The molecule has 2 rings (SSSR count). The first kappa shape index (κ1) is 17.3. The van der Waals surface area contributed by atoms with Gasteiger partial charge in [0.25, 0.3) is 0 Å². The highest BCUT2D eigenvalue weighted by Crippen LogP contribution is 2.12. The number of amides is 1. The number of aryl methyl sites for hydroxylation is 1. The molecule has 0 saturated carbocycles. The first-order valence-corrected chi connectivity index (χ1v) is 7.68. The zero-order valence-corrected chi connectivity index (χ0v) is 12.6. The van der Waals surface area contributed by atoms with Crippen LogP contribution in [0.3, 0.4) is 0 Å². The van der Waals surface area contributed by atoms with Crippen LogP contribution in [0.15, 0.2) is 18.2 Å². The van der Waals surface area contributed by atoms with Crippen LogP contribution in [-0.4, -0.2) is 35.6 Å². The van der Waals surface area contributed by atoms with E-state index in [2.05, 4.69) is 10.6 Å². The Morgan fingerprint density at radius 3 is 2.74 bits per heavy atom. The molecule has 23 heavy (non-hydrogen) atoms. The van der Waals surface area contributed by atoms with Crippen molar-refractivity contribution < 1.29 is 23.5 Å². The van der Waals surface area contributed by atoms with Crippen molar-refractivity contribution in [3.05, 3.63) is 35.4 Å². The van der Waals surface area contributed by atoms with E-state index in [1.165, 1.54) is 6.07 Å². The molecule has 126 valence electrons. The van der Waals surface area contributed by atoms with Crippen LogP contribution in [0.25, 0.3) is 0 Å². The van der Waals surface area contributed by atoms with Gasteiger partial charge in [-0.05, 0) is 56.3 Å². The van der Waals surface area contributed by atoms with Gasteiger partial charge in [0.1, 0.15) is 6.04 Å². The molecule has 1 aliphatic rings. The van der Waals surface area contributed by atoms with Gasteiger partial charge in [0.05, 0.1) is 6.04 Å². The highest BCUT2D eigenvalue weighted by atomic mass is 19.2. The summed E-state index contributed by atoms with van der Waals surface area (Å²) in [4.78, 5) is 23.2. The van der Waals surface area contributed by atoms with Gasteiger partial charge in [0, 0.05) is 0 Å². The van der Waals surface area contributed by atoms with Crippen LogP contribution in [0, 0.1) is 11.6 Å². The lowest BCUT2D eigenvalue weighted by Crippen LogP contribution is -2.48. The lowest BCUT2D eigenvalue weighted by Gasteiger charge is -2.17. The number of benzene rings is 1. The highest BCUT2D eigenvalue weighted by molar-refractivity contribution is 5.87. The Balaban J connectivity index is 1.83. The molecule has 0 spiro atoms. The second-order valence-electron chi connectivity index (χ2n) is 5.69. The number of carbonyl (C=O) groups excluding carboxylic acids is 1. The zero-order chi connectivity index (χ0) is 16.8. The number of halogens is 2. The largest absolute Gasteiger partial charge is 0.480 e. The van der Waals surface area contributed by atoms with Gasteiger partial charge >= 0.3 is 5.97 Å². The summed E-state index contributed by atoms with van der Waals surface area (Å²) in [5, 5.41) is 14.7. The van der Waals surface area contributed by atoms with Crippen molar-refractivity contribution >= 4 is 11.9 Å². The molecule has 1 aromatic rings. The van der Waals surface area contributed by atoms with Crippen molar-refractivity contribution in [1.29, 1.82) is 0 Å². The van der Waals surface area contributed by atoms with E-state index in [0.29, 0.717) is 24.8 Å². The molecule has 1 saturated heterocycles. The Labute approximate surface area is 133 Å². The van der Waals surface area contributed by atoms with Crippen molar-refractivity contribution in [3.63, 3.8) is 0 Å². The maximum atomic E-state index is 13.1. The molecule has 0 bridgehead atoms. The predicted molar refractivity (Wildman–Crippen MR) is 79.9 cm³/mol. The van der Waals surface area contributed by atoms with Gasteiger partial charge in [0.2, 0.25) is 5.91 Å². The molecule has 1 aromatic carbocycles. The van der Waals surface area contributed by atoms with Crippen molar-refractivity contribution in [1.82, 2.24) is 10.6 Å². The third kappa shape index (κ3) is 4.99. The minimum absolute atomic E-state index is 0.229. The average molecular weight is 326 g/mol. The van der Waals surface area contributed by atoms with Crippen molar-refractivity contribution in [2.45, 2.75) is 44.2 Å². The van der Waals surface area contributed by atoms with Crippen molar-refractivity contribution in [2.24, 2.45) is 0 Å². The van der Waals surface area contributed by atoms with Gasteiger partial charge in [-0.1, -0.05) is 6.07 Å². The molecule has 0 aromatic heterocycles. The van der Waals surface area contributed by atoms with Crippen LogP contribution in [0.1, 0.15) is 31.2 Å². The van der Waals surface area contributed by atoms with Crippen LogP contribution in [0.4, 0.5) is 8.78 Å². The molecule has 5 nitrogen and oxygen atoms in total. The lowest BCUT2D eigenvalue weighted by molar-refractivity contribution is -0.142. The molecule has 1 fully saturated rings. The molecule has 1 aliphatic heterocycles. The van der Waals surface area contributed by atoms with E-state index in [1.807, 2.05) is 0 Å². The fourth-order valence-corrected chi connectivity index (χ4v) is 2.64. The number of carboxylic acids is 1. The number of nitrogens with one attached hydrogen (secondary N) is 2. The van der Waals surface area contributed by atoms with Crippen LogP contribution in [0.5, 0.6) is 0 Å². The minimum Gasteiger partial charge on any atom is -0.480 e. The van der Waals surface area contributed by atoms with E-state index in [-0.39, 0.29) is 18.4 Å². The summed E-state index contributed by atoms with van der Waals surface area (Å²) in [6.45, 7) is 0.756. The molecule has 1 heterocycles. The Hall–Kier alpha value is -2.02. The third-order valence-electron chi connectivity index (χ3n) is 3.93. The zero-order valence-electron chi connectivity index (χ0n) is 12.6. The molecular formula is C16H20F2N2O3. The lowest BCUT2D eigenvalue weighted by atomic mass is 10.0. The maximum absolute atomic E-state index is 13.1. The first-order chi connectivity index (χ1) is 11.0. The molecule has 3 N–H and O–H groups in total. The Morgan fingerprint density at radius 1 is 1.35 bits per heavy atom. The fraction of sp³-hybridized carbons (Fsp3) is 0.500. The second kappa shape index (κ2) is 8.01. The standard InChI is InChI=1S/C16H20F2N2O3/c17-11-7-6-10(9-12(11)18)3-1-4-14(16(22)23)20-15(21)13-5-2-8-19-13/h6-7,9,13-14,19H,1-5,8H2,(H,20,21)(H,22,23)/t13-,14?/m0/s1. The van der Waals surface area contributed by atoms with Crippen LogP contribution < -0.4 is 10.6 Å². The summed E-state index contributed by atoms with van der Waals surface area (Å²) in [6, 6.07) is 2.31. The molecule has 2 atom stereocenters. The number of carbonyl (C=O) groups is 2. The van der Waals surface area contributed by atoms with Gasteiger partial charge in [-0.2, -0.15) is 0 Å². The second-order valence-corrected chi connectivity index (χ2v) is 5.69. The topological polar surface area (TPSA) is 78.4 Å². The van der Waals surface area contributed by atoms with E-state index >= 15 is 0 Å². The predicted octanol–water partition coefficient (Wildman–Crippen LogP) is 1.61. The fourth-order valence-electron chi connectivity index (χ4n) is 2.64. The van der Waals surface area contributed by atoms with Gasteiger partial charge in [-0.3, -0.25) is 4.79 Å². The van der Waals surface area contributed by atoms with Gasteiger partial charge < -0.3 is 15.7 Å². The van der Waals surface area contributed by atoms with Crippen LogP contribution >= 0.6 is 0 Å². The summed E-state index contributed by atoms with van der Waals surface area (Å²) < 4.78 is 25.9. The Bertz CT molecular complexity index is 574. The number of hydrogen-bond donors (Lipinski definition) is 3. The number of rotatable bonds is 7. The quantitative estimate of drug-likeness (QED) is 0.711. The summed E-state index contributed by atoms with van der Waals surface area (Å²) >= 11 is 0. The van der Waals surface area contributed by atoms with Gasteiger partial charge in [-0.25, -0.2) is 13.6 Å². The highest BCUT2D eigenvalue weighted by Gasteiger charge is 2.26. The summed E-state index contributed by atoms with van der Waals surface area (Å²) in [6.07, 6.45) is 2.69. The third-order valence-corrected chi connectivity index (χ3v) is 3.93. The molecule has 1 amide bonds. The van der Waals surface area contributed by atoms with Crippen LogP contribution in [-0.2, 0) is 16.0 Å². The van der Waals surface area contributed by atoms with Gasteiger partial charge in [-0.15, -0.1) is 0 Å². The normalized spacial score (nSPS) is 18.6. The van der Waals surface area contributed by atoms with E-state index < -0.39 is 23.6 Å². The van der Waals surface area contributed by atoms with E-state index in [9.17, 15) is 23.5 Å². The number of hydrogen-bond acceptors (Lipinski definition) is 3. The van der Waals surface area contributed by atoms with Crippen LogP contribution in [0.2, 0.25) is 0 Å².